The minimum absolute atomic E-state index is 0.0748. The number of rotatable bonds is 3. The SMILES string of the molecule is CC(C)c1ccc(C(=O)N2CCC(C3OCCO3)CC2)c(O)c1. The Morgan fingerprint density at radius 3 is 2.43 bits per heavy atom. The van der Waals surface area contributed by atoms with E-state index in [2.05, 4.69) is 13.8 Å². The summed E-state index contributed by atoms with van der Waals surface area (Å²) in [5.74, 6) is 0.668. The normalized spacial score (nSPS) is 20.4. The Morgan fingerprint density at radius 1 is 1.22 bits per heavy atom. The van der Waals surface area contributed by atoms with Crippen molar-refractivity contribution >= 4 is 5.91 Å². The minimum atomic E-state index is -0.106. The largest absolute Gasteiger partial charge is 0.507 e. The van der Waals surface area contributed by atoms with Gasteiger partial charge in [0.25, 0.3) is 5.91 Å². The zero-order valence-corrected chi connectivity index (χ0v) is 13.8. The van der Waals surface area contributed by atoms with Gasteiger partial charge in [0.2, 0.25) is 0 Å². The molecule has 0 aliphatic carbocycles. The van der Waals surface area contributed by atoms with Crippen LogP contribution in [0.3, 0.4) is 0 Å². The molecule has 2 aliphatic heterocycles. The summed E-state index contributed by atoms with van der Waals surface area (Å²) in [6, 6.07) is 5.36. The minimum Gasteiger partial charge on any atom is -0.507 e. The second-order valence-electron chi connectivity index (χ2n) is 6.67. The first kappa shape index (κ1) is 16.3. The number of amides is 1. The van der Waals surface area contributed by atoms with Crippen molar-refractivity contribution < 1.29 is 19.4 Å². The fourth-order valence-electron chi connectivity index (χ4n) is 3.28. The number of ether oxygens (including phenoxy) is 2. The van der Waals surface area contributed by atoms with E-state index in [1.165, 1.54) is 0 Å². The molecule has 126 valence electrons. The first-order valence-electron chi connectivity index (χ1n) is 8.41. The molecule has 0 unspecified atom stereocenters. The van der Waals surface area contributed by atoms with Crippen molar-refractivity contribution in [1.29, 1.82) is 0 Å². The molecule has 1 amide bonds. The van der Waals surface area contributed by atoms with Crippen LogP contribution in [0.25, 0.3) is 0 Å². The van der Waals surface area contributed by atoms with Crippen molar-refractivity contribution in [3.63, 3.8) is 0 Å². The fourth-order valence-corrected chi connectivity index (χ4v) is 3.28. The molecule has 5 heteroatoms. The molecule has 0 saturated carbocycles. The third kappa shape index (κ3) is 3.51. The number of benzene rings is 1. The van der Waals surface area contributed by atoms with Crippen LogP contribution in [0.5, 0.6) is 5.75 Å². The molecular formula is C18H25NO4. The van der Waals surface area contributed by atoms with Crippen LogP contribution in [-0.2, 0) is 9.47 Å². The van der Waals surface area contributed by atoms with Gasteiger partial charge in [0, 0.05) is 19.0 Å². The number of aromatic hydroxyl groups is 1. The Balaban J connectivity index is 1.63. The van der Waals surface area contributed by atoms with Crippen molar-refractivity contribution in [3.05, 3.63) is 29.3 Å². The maximum absolute atomic E-state index is 12.6. The Kier molecular flexibility index (Phi) is 4.87. The molecule has 1 aromatic carbocycles. The summed E-state index contributed by atoms with van der Waals surface area (Å²) in [5.41, 5.74) is 1.43. The van der Waals surface area contributed by atoms with E-state index in [1.807, 2.05) is 11.0 Å². The summed E-state index contributed by atoms with van der Waals surface area (Å²) in [6.07, 6.45) is 1.65. The monoisotopic (exact) mass is 319 g/mol. The number of phenols is 1. The number of nitrogens with zero attached hydrogens (tertiary/aromatic N) is 1. The third-order valence-electron chi connectivity index (χ3n) is 4.78. The number of hydrogen-bond acceptors (Lipinski definition) is 4. The second kappa shape index (κ2) is 6.89. The maximum atomic E-state index is 12.6. The van der Waals surface area contributed by atoms with Gasteiger partial charge in [-0.1, -0.05) is 19.9 Å². The van der Waals surface area contributed by atoms with E-state index in [-0.39, 0.29) is 17.9 Å². The Bertz CT molecular complexity index is 558. The maximum Gasteiger partial charge on any atom is 0.257 e. The van der Waals surface area contributed by atoms with Gasteiger partial charge in [-0.2, -0.15) is 0 Å². The van der Waals surface area contributed by atoms with E-state index in [1.54, 1.807) is 12.1 Å². The zero-order chi connectivity index (χ0) is 16.4. The second-order valence-corrected chi connectivity index (χ2v) is 6.67. The van der Waals surface area contributed by atoms with Crippen LogP contribution in [0, 0.1) is 5.92 Å². The van der Waals surface area contributed by atoms with Crippen molar-refractivity contribution in [2.24, 2.45) is 5.92 Å². The van der Waals surface area contributed by atoms with Gasteiger partial charge in [0.1, 0.15) is 5.75 Å². The van der Waals surface area contributed by atoms with E-state index < -0.39 is 0 Å². The van der Waals surface area contributed by atoms with Gasteiger partial charge < -0.3 is 19.5 Å². The summed E-state index contributed by atoms with van der Waals surface area (Å²) in [6.45, 7) is 6.82. The smallest absolute Gasteiger partial charge is 0.257 e. The van der Waals surface area contributed by atoms with Gasteiger partial charge in [-0.05, 0) is 36.5 Å². The molecule has 0 spiro atoms. The third-order valence-corrected chi connectivity index (χ3v) is 4.78. The standard InChI is InChI=1S/C18H25NO4/c1-12(2)14-3-4-15(16(20)11-14)17(21)19-7-5-13(6-8-19)18-22-9-10-23-18/h3-4,11-13,18,20H,5-10H2,1-2H3. The lowest BCUT2D eigenvalue weighted by atomic mass is 9.95. The molecule has 0 atom stereocenters. The van der Waals surface area contributed by atoms with Gasteiger partial charge in [-0.15, -0.1) is 0 Å². The molecule has 2 heterocycles. The van der Waals surface area contributed by atoms with E-state index in [0.717, 1.165) is 18.4 Å². The molecular weight excluding hydrogens is 294 g/mol. The highest BCUT2D eigenvalue weighted by Crippen LogP contribution is 2.29. The molecule has 0 radical (unpaired) electrons. The van der Waals surface area contributed by atoms with Crippen molar-refractivity contribution in [2.75, 3.05) is 26.3 Å². The molecule has 0 bridgehead atoms. The Labute approximate surface area is 137 Å². The van der Waals surface area contributed by atoms with E-state index in [4.69, 9.17) is 9.47 Å². The number of carbonyl (C=O) groups is 1. The van der Waals surface area contributed by atoms with Gasteiger partial charge in [-0.3, -0.25) is 4.79 Å². The van der Waals surface area contributed by atoms with E-state index in [9.17, 15) is 9.90 Å². The van der Waals surface area contributed by atoms with Crippen molar-refractivity contribution in [1.82, 2.24) is 4.90 Å². The summed E-state index contributed by atoms with van der Waals surface area (Å²) >= 11 is 0. The average molecular weight is 319 g/mol. The van der Waals surface area contributed by atoms with Gasteiger partial charge in [0.15, 0.2) is 6.29 Å². The van der Waals surface area contributed by atoms with Crippen LogP contribution in [0.2, 0.25) is 0 Å². The Morgan fingerprint density at radius 2 is 1.87 bits per heavy atom. The molecule has 2 fully saturated rings. The van der Waals surface area contributed by atoms with Gasteiger partial charge in [0.05, 0.1) is 18.8 Å². The molecule has 2 saturated heterocycles. The van der Waals surface area contributed by atoms with Gasteiger partial charge >= 0.3 is 0 Å². The predicted molar refractivity (Wildman–Crippen MR) is 86.5 cm³/mol. The van der Waals surface area contributed by atoms with E-state index >= 15 is 0 Å². The highest BCUT2D eigenvalue weighted by molar-refractivity contribution is 5.97. The summed E-state index contributed by atoms with van der Waals surface area (Å²) in [7, 11) is 0. The predicted octanol–water partition coefficient (Wildman–Crippen LogP) is 2.74. The molecule has 5 nitrogen and oxygen atoms in total. The van der Waals surface area contributed by atoms with Crippen molar-refractivity contribution in [2.45, 2.75) is 38.9 Å². The number of piperidine rings is 1. The summed E-state index contributed by atoms with van der Waals surface area (Å²) in [4.78, 5) is 14.4. The molecule has 23 heavy (non-hydrogen) atoms. The lowest BCUT2D eigenvalue weighted by molar-refractivity contribution is -0.0956. The Hall–Kier alpha value is -1.59. The van der Waals surface area contributed by atoms with Crippen LogP contribution in [0.15, 0.2) is 18.2 Å². The topological polar surface area (TPSA) is 59.0 Å². The first-order chi connectivity index (χ1) is 11.1. The zero-order valence-electron chi connectivity index (χ0n) is 13.8. The molecule has 1 N–H and O–H groups in total. The van der Waals surface area contributed by atoms with Crippen LogP contribution < -0.4 is 0 Å². The highest BCUT2D eigenvalue weighted by Gasteiger charge is 2.32. The van der Waals surface area contributed by atoms with Crippen LogP contribution in [-0.4, -0.2) is 48.5 Å². The number of phenolic OH excluding ortho intramolecular Hbond substituents is 1. The molecule has 0 aromatic heterocycles. The molecule has 3 rings (SSSR count). The number of hydrogen-bond donors (Lipinski definition) is 1. The fraction of sp³-hybridized carbons (Fsp3) is 0.611. The van der Waals surface area contributed by atoms with E-state index in [0.29, 0.717) is 43.7 Å². The molecule has 2 aliphatic rings. The van der Waals surface area contributed by atoms with Gasteiger partial charge in [-0.25, -0.2) is 0 Å². The van der Waals surface area contributed by atoms with Crippen LogP contribution in [0.1, 0.15) is 48.5 Å². The van der Waals surface area contributed by atoms with Crippen molar-refractivity contribution in [3.8, 4) is 5.75 Å². The quantitative estimate of drug-likeness (QED) is 0.930. The lowest BCUT2D eigenvalue weighted by Gasteiger charge is -2.34. The lowest BCUT2D eigenvalue weighted by Crippen LogP contribution is -2.41. The van der Waals surface area contributed by atoms with Crippen LogP contribution >= 0.6 is 0 Å². The van der Waals surface area contributed by atoms with Crippen LogP contribution in [0.4, 0.5) is 0 Å². The molecule has 1 aromatic rings. The summed E-state index contributed by atoms with van der Waals surface area (Å²) in [5, 5.41) is 10.2. The first-order valence-corrected chi connectivity index (χ1v) is 8.41. The average Bonchev–Trinajstić information content (AvgIpc) is 3.08. The number of carbonyl (C=O) groups excluding carboxylic acids is 1. The highest BCUT2D eigenvalue weighted by atomic mass is 16.7. The number of likely N-dealkylation sites (tertiary alicyclic amines) is 1. The summed E-state index contributed by atoms with van der Waals surface area (Å²) < 4.78 is 11.1.